The minimum absolute atomic E-state index is 0.101. The molecule has 0 saturated heterocycles. The molecule has 4 nitrogen and oxygen atoms in total. The van der Waals surface area contributed by atoms with E-state index in [1.807, 2.05) is 6.92 Å². The van der Waals surface area contributed by atoms with Gasteiger partial charge in [0.05, 0.1) is 9.88 Å². The largest absolute Gasteiger partial charge is 0.351 e. The molecule has 6 heteroatoms. The predicted octanol–water partition coefficient (Wildman–Crippen LogP) is 3.98. The molecule has 1 aliphatic rings. The summed E-state index contributed by atoms with van der Waals surface area (Å²) >= 11 is 1.23. The lowest BCUT2D eigenvalue weighted by molar-refractivity contribution is 0.0941. The summed E-state index contributed by atoms with van der Waals surface area (Å²) in [6.45, 7) is 2.55. The standard InChI is InChI=1S/C18H19FN2O2S/c1-11-8-15(21-17(22)13-6-3-7-14(19)9-13)24-16(11)18(23)20-10-12-4-2-5-12/h3,6-9,12H,2,4-5,10H2,1H3,(H,20,23)(H,21,22). The molecule has 1 heterocycles. The smallest absolute Gasteiger partial charge is 0.261 e. The second-order valence-electron chi connectivity index (χ2n) is 6.09. The number of carbonyl (C=O) groups excluding carboxylic acids is 2. The van der Waals surface area contributed by atoms with E-state index in [0.717, 1.165) is 5.56 Å². The molecule has 1 aromatic heterocycles. The Morgan fingerprint density at radius 2 is 2.04 bits per heavy atom. The summed E-state index contributed by atoms with van der Waals surface area (Å²) in [7, 11) is 0. The third-order valence-corrected chi connectivity index (χ3v) is 5.37. The first-order valence-corrected chi connectivity index (χ1v) is 8.80. The molecule has 0 radical (unpaired) electrons. The number of benzene rings is 1. The summed E-state index contributed by atoms with van der Waals surface area (Å²) < 4.78 is 13.2. The van der Waals surface area contributed by atoms with E-state index >= 15 is 0 Å². The van der Waals surface area contributed by atoms with Gasteiger partial charge in [-0.1, -0.05) is 12.5 Å². The van der Waals surface area contributed by atoms with E-state index in [1.165, 1.54) is 48.8 Å². The van der Waals surface area contributed by atoms with E-state index in [9.17, 15) is 14.0 Å². The number of hydrogen-bond acceptors (Lipinski definition) is 3. The molecule has 0 atom stereocenters. The fourth-order valence-corrected chi connectivity index (χ4v) is 3.58. The first kappa shape index (κ1) is 16.6. The molecule has 0 bridgehead atoms. The maximum absolute atomic E-state index is 13.2. The highest BCUT2D eigenvalue weighted by atomic mass is 32.1. The lowest BCUT2D eigenvalue weighted by atomic mass is 9.85. The summed E-state index contributed by atoms with van der Waals surface area (Å²) in [5.74, 6) is -0.352. The van der Waals surface area contributed by atoms with E-state index < -0.39 is 11.7 Å². The van der Waals surface area contributed by atoms with Crippen LogP contribution >= 0.6 is 11.3 Å². The van der Waals surface area contributed by atoms with Gasteiger partial charge in [0.1, 0.15) is 5.82 Å². The molecule has 1 aliphatic carbocycles. The molecule has 1 aromatic carbocycles. The highest BCUT2D eigenvalue weighted by molar-refractivity contribution is 7.18. The van der Waals surface area contributed by atoms with Crippen molar-refractivity contribution >= 4 is 28.2 Å². The normalized spacial score (nSPS) is 14.1. The van der Waals surface area contributed by atoms with E-state index in [1.54, 1.807) is 12.1 Å². The molecule has 1 saturated carbocycles. The maximum Gasteiger partial charge on any atom is 0.261 e. The monoisotopic (exact) mass is 346 g/mol. The second-order valence-corrected chi connectivity index (χ2v) is 7.15. The molecule has 3 rings (SSSR count). The Morgan fingerprint density at radius 3 is 2.71 bits per heavy atom. The minimum Gasteiger partial charge on any atom is -0.351 e. The number of halogens is 1. The average Bonchev–Trinajstić information content (AvgIpc) is 2.86. The van der Waals surface area contributed by atoms with Crippen molar-refractivity contribution in [3.8, 4) is 0 Å². The van der Waals surface area contributed by atoms with Crippen LogP contribution < -0.4 is 10.6 Å². The van der Waals surface area contributed by atoms with Gasteiger partial charge in [-0.3, -0.25) is 9.59 Å². The maximum atomic E-state index is 13.2. The van der Waals surface area contributed by atoms with Crippen LogP contribution in [0.5, 0.6) is 0 Å². The quantitative estimate of drug-likeness (QED) is 0.860. The molecule has 2 aromatic rings. The molecule has 2 N–H and O–H groups in total. The third-order valence-electron chi connectivity index (χ3n) is 4.22. The van der Waals surface area contributed by atoms with Crippen molar-refractivity contribution in [2.24, 2.45) is 5.92 Å². The average molecular weight is 346 g/mol. The number of hydrogen-bond donors (Lipinski definition) is 2. The van der Waals surface area contributed by atoms with Crippen LogP contribution in [0, 0.1) is 18.7 Å². The van der Waals surface area contributed by atoms with E-state index in [-0.39, 0.29) is 11.5 Å². The lowest BCUT2D eigenvalue weighted by Crippen LogP contribution is -2.31. The molecular formula is C18H19FN2O2S. The number of rotatable bonds is 5. The van der Waals surface area contributed by atoms with E-state index in [0.29, 0.717) is 22.3 Å². The second kappa shape index (κ2) is 7.13. The van der Waals surface area contributed by atoms with Gasteiger partial charge in [0.2, 0.25) is 0 Å². The van der Waals surface area contributed by atoms with Crippen LogP contribution in [0.4, 0.5) is 9.39 Å². The Kier molecular flexibility index (Phi) is 4.94. The molecule has 126 valence electrons. The van der Waals surface area contributed by atoms with Gasteiger partial charge in [-0.15, -0.1) is 11.3 Å². The zero-order chi connectivity index (χ0) is 17.1. The van der Waals surface area contributed by atoms with Crippen molar-refractivity contribution < 1.29 is 14.0 Å². The van der Waals surface area contributed by atoms with Gasteiger partial charge in [-0.2, -0.15) is 0 Å². The van der Waals surface area contributed by atoms with Crippen LogP contribution in [0.3, 0.4) is 0 Å². The van der Waals surface area contributed by atoms with Crippen LogP contribution in [-0.2, 0) is 0 Å². The van der Waals surface area contributed by atoms with Gasteiger partial charge in [-0.05, 0) is 55.5 Å². The van der Waals surface area contributed by atoms with Crippen molar-refractivity contribution in [1.82, 2.24) is 5.32 Å². The third kappa shape index (κ3) is 3.82. The predicted molar refractivity (Wildman–Crippen MR) is 93.1 cm³/mol. The fourth-order valence-electron chi connectivity index (χ4n) is 2.60. The molecule has 0 aliphatic heterocycles. The van der Waals surface area contributed by atoms with E-state index in [4.69, 9.17) is 0 Å². The van der Waals surface area contributed by atoms with Gasteiger partial charge < -0.3 is 10.6 Å². The molecular weight excluding hydrogens is 327 g/mol. The Balaban J connectivity index is 1.64. The van der Waals surface area contributed by atoms with Crippen molar-refractivity contribution in [3.05, 3.63) is 52.2 Å². The number of anilines is 1. The van der Waals surface area contributed by atoms with Crippen molar-refractivity contribution in [1.29, 1.82) is 0 Å². The highest BCUT2D eigenvalue weighted by Crippen LogP contribution is 2.28. The molecule has 0 spiro atoms. The molecule has 0 unspecified atom stereocenters. The number of aryl methyl sites for hydroxylation is 1. The number of amides is 2. The number of nitrogens with one attached hydrogen (secondary N) is 2. The first-order valence-electron chi connectivity index (χ1n) is 7.98. The summed E-state index contributed by atoms with van der Waals surface area (Å²) in [5.41, 5.74) is 1.07. The summed E-state index contributed by atoms with van der Waals surface area (Å²) in [6.07, 6.45) is 3.60. The lowest BCUT2D eigenvalue weighted by Gasteiger charge is -2.25. The fraction of sp³-hybridized carbons (Fsp3) is 0.333. The van der Waals surface area contributed by atoms with E-state index in [2.05, 4.69) is 10.6 Å². The topological polar surface area (TPSA) is 58.2 Å². The minimum atomic E-state index is -0.457. The van der Waals surface area contributed by atoms with Crippen LogP contribution in [-0.4, -0.2) is 18.4 Å². The van der Waals surface area contributed by atoms with Gasteiger partial charge in [-0.25, -0.2) is 4.39 Å². The van der Waals surface area contributed by atoms with Crippen LogP contribution in [0.15, 0.2) is 30.3 Å². The van der Waals surface area contributed by atoms with Crippen molar-refractivity contribution in [2.75, 3.05) is 11.9 Å². The number of thiophene rings is 1. The Labute approximate surface area is 144 Å². The van der Waals surface area contributed by atoms with Crippen LogP contribution in [0.2, 0.25) is 0 Å². The van der Waals surface area contributed by atoms with Gasteiger partial charge >= 0.3 is 0 Å². The van der Waals surface area contributed by atoms with Crippen LogP contribution in [0.1, 0.15) is 44.9 Å². The Morgan fingerprint density at radius 1 is 1.25 bits per heavy atom. The Bertz CT molecular complexity index is 768. The first-order chi connectivity index (χ1) is 11.5. The van der Waals surface area contributed by atoms with Crippen LogP contribution in [0.25, 0.3) is 0 Å². The molecule has 2 amide bonds. The zero-order valence-electron chi connectivity index (χ0n) is 13.4. The molecule has 24 heavy (non-hydrogen) atoms. The summed E-state index contributed by atoms with van der Waals surface area (Å²) in [5, 5.41) is 6.26. The zero-order valence-corrected chi connectivity index (χ0v) is 14.2. The molecule has 1 fully saturated rings. The van der Waals surface area contributed by atoms with Crippen molar-refractivity contribution in [3.63, 3.8) is 0 Å². The highest BCUT2D eigenvalue weighted by Gasteiger charge is 2.20. The van der Waals surface area contributed by atoms with Gasteiger partial charge in [0, 0.05) is 12.1 Å². The Hall–Kier alpha value is -2.21. The van der Waals surface area contributed by atoms with Gasteiger partial charge in [0.15, 0.2) is 0 Å². The summed E-state index contributed by atoms with van der Waals surface area (Å²) in [6, 6.07) is 7.27. The SMILES string of the molecule is Cc1cc(NC(=O)c2cccc(F)c2)sc1C(=O)NCC1CCC1. The van der Waals surface area contributed by atoms with Crippen molar-refractivity contribution in [2.45, 2.75) is 26.2 Å². The summed E-state index contributed by atoms with van der Waals surface area (Å²) in [4.78, 5) is 25.0. The number of carbonyl (C=O) groups is 2. The van der Waals surface area contributed by atoms with Gasteiger partial charge in [0.25, 0.3) is 11.8 Å².